The Morgan fingerprint density at radius 3 is 3.23 bits per heavy atom. The highest BCUT2D eigenvalue weighted by Crippen LogP contribution is 2.25. The summed E-state index contributed by atoms with van der Waals surface area (Å²) in [4.78, 5) is 14.3. The van der Waals surface area contributed by atoms with Gasteiger partial charge in [-0.25, -0.2) is 4.79 Å². The fourth-order valence-corrected chi connectivity index (χ4v) is 2.91. The third kappa shape index (κ3) is 2.92. The molecular formula is C16H22N4O2. The molecule has 3 rings (SSSR count). The van der Waals surface area contributed by atoms with Crippen LogP contribution < -0.4 is 5.32 Å². The van der Waals surface area contributed by atoms with Gasteiger partial charge in [-0.1, -0.05) is 6.07 Å². The van der Waals surface area contributed by atoms with Gasteiger partial charge in [-0.05, 0) is 31.9 Å². The summed E-state index contributed by atoms with van der Waals surface area (Å²) < 4.78 is 5.45. The molecule has 0 radical (unpaired) electrons. The van der Waals surface area contributed by atoms with Gasteiger partial charge < -0.3 is 15.0 Å². The zero-order chi connectivity index (χ0) is 15.5. The SMILES string of the molecule is CCOC[C@@H]1CCN(C(=O)Nc2ccc(C)c3cn[nH]c23)C1. The van der Waals surface area contributed by atoms with Crippen LogP contribution in [0.3, 0.4) is 0 Å². The maximum absolute atomic E-state index is 12.4. The Labute approximate surface area is 129 Å². The summed E-state index contributed by atoms with van der Waals surface area (Å²) in [6.07, 6.45) is 2.79. The Morgan fingerprint density at radius 1 is 1.55 bits per heavy atom. The van der Waals surface area contributed by atoms with Crippen molar-refractivity contribution in [1.29, 1.82) is 0 Å². The molecule has 1 fully saturated rings. The van der Waals surface area contributed by atoms with Gasteiger partial charge in [0.1, 0.15) is 0 Å². The van der Waals surface area contributed by atoms with Crippen molar-refractivity contribution in [3.05, 3.63) is 23.9 Å². The summed E-state index contributed by atoms with van der Waals surface area (Å²) in [7, 11) is 0. The molecule has 1 atom stereocenters. The first-order valence-corrected chi connectivity index (χ1v) is 7.75. The van der Waals surface area contributed by atoms with Crippen LogP contribution in [0, 0.1) is 12.8 Å². The van der Waals surface area contributed by atoms with Crippen LogP contribution in [0.1, 0.15) is 18.9 Å². The van der Waals surface area contributed by atoms with Gasteiger partial charge in [-0.15, -0.1) is 0 Å². The van der Waals surface area contributed by atoms with E-state index in [-0.39, 0.29) is 6.03 Å². The van der Waals surface area contributed by atoms with Crippen molar-refractivity contribution >= 4 is 22.6 Å². The van der Waals surface area contributed by atoms with Gasteiger partial charge in [-0.3, -0.25) is 5.10 Å². The Hall–Kier alpha value is -2.08. The van der Waals surface area contributed by atoms with E-state index in [0.29, 0.717) is 5.92 Å². The van der Waals surface area contributed by atoms with Crippen LogP contribution in [-0.4, -0.2) is 47.4 Å². The fourth-order valence-electron chi connectivity index (χ4n) is 2.91. The van der Waals surface area contributed by atoms with Crippen LogP contribution in [0.25, 0.3) is 10.9 Å². The minimum atomic E-state index is -0.0567. The highest BCUT2D eigenvalue weighted by Gasteiger charge is 2.26. The molecule has 2 N–H and O–H groups in total. The van der Waals surface area contributed by atoms with E-state index >= 15 is 0 Å². The molecule has 1 aromatic carbocycles. The first kappa shape index (κ1) is 14.8. The second-order valence-corrected chi connectivity index (χ2v) is 5.78. The molecule has 2 heterocycles. The maximum atomic E-state index is 12.4. The molecule has 0 spiro atoms. The van der Waals surface area contributed by atoms with Gasteiger partial charge >= 0.3 is 6.03 Å². The highest BCUT2D eigenvalue weighted by atomic mass is 16.5. The number of nitrogens with zero attached hydrogens (tertiary/aromatic N) is 2. The van der Waals surface area contributed by atoms with E-state index in [9.17, 15) is 4.79 Å². The Morgan fingerprint density at radius 2 is 2.41 bits per heavy atom. The van der Waals surface area contributed by atoms with Crippen LogP contribution in [0.4, 0.5) is 10.5 Å². The molecule has 6 heteroatoms. The fraction of sp³-hybridized carbons (Fsp3) is 0.500. The predicted octanol–water partition coefficient (Wildman–Crippen LogP) is 2.76. The van der Waals surface area contributed by atoms with E-state index in [4.69, 9.17) is 4.74 Å². The molecule has 0 unspecified atom stereocenters. The quantitative estimate of drug-likeness (QED) is 0.912. The molecule has 1 saturated heterocycles. The van der Waals surface area contributed by atoms with Gasteiger partial charge in [0, 0.05) is 31.0 Å². The lowest BCUT2D eigenvalue weighted by molar-refractivity contribution is 0.113. The van der Waals surface area contributed by atoms with Crippen molar-refractivity contribution in [2.45, 2.75) is 20.3 Å². The average Bonchev–Trinajstić information content (AvgIpc) is 3.17. The number of carbonyl (C=O) groups excluding carboxylic acids is 1. The third-order valence-corrected chi connectivity index (χ3v) is 4.21. The van der Waals surface area contributed by atoms with Gasteiger partial charge in [0.25, 0.3) is 0 Å². The number of aromatic nitrogens is 2. The number of amides is 2. The Kier molecular flexibility index (Phi) is 4.29. The number of ether oxygens (including phenoxy) is 1. The number of likely N-dealkylation sites (tertiary alicyclic amines) is 1. The summed E-state index contributed by atoms with van der Waals surface area (Å²) >= 11 is 0. The van der Waals surface area contributed by atoms with E-state index in [2.05, 4.69) is 15.5 Å². The van der Waals surface area contributed by atoms with Crippen molar-refractivity contribution in [2.24, 2.45) is 5.92 Å². The predicted molar refractivity (Wildman–Crippen MR) is 86.0 cm³/mol. The van der Waals surface area contributed by atoms with Crippen LogP contribution in [-0.2, 0) is 4.74 Å². The van der Waals surface area contributed by atoms with Gasteiger partial charge in [0.2, 0.25) is 0 Å². The van der Waals surface area contributed by atoms with E-state index in [1.807, 2.05) is 30.9 Å². The van der Waals surface area contributed by atoms with E-state index < -0.39 is 0 Å². The van der Waals surface area contributed by atoms with E-state index in [0.717, 1.165) is 54.9 Å². The van der Waals surface area contributed by atoms with Crippen molar-refractivity contribution < 1.29 is 9.53 Å². The second-order valence-electron chi connectivity index (χ2n) is 5.78. The number of carbonyl (C=O) groups is 1. The molecule has 2 amide bonds. The van der Waals surface area contributed by atoms with Crippen LogP contribution in [0.15, 0.2) is 18.3 Å². The van der Waals surface area contributed by atoms with E-state index in [1.165, 1.54) is 0 Å². The Bertz CT molecular complexity index is 667. The van der Waals surface area contributed by atoms with E-state index in [1.54, 1.807) is 6.20 Å². The number of rotatable bonds is 4. The summed E-state index contributed by atoms with van der Waals surface area (Å²) in [5.74, 6) is 0.441. The number of benzene rings is 1. The molecule has 0 saturated carbocycles. The van der Waals surface area contributed by atoms with Crippen molar-refractivity contribution in [3.8, 4) is 0 Å². The van der Waals surface area contributed by atoms with Crippen LogP contribution in [0.2, 0.25) is 0 Å². The smallest absolute Gasteiger partial charge is 0.321 e. The number of hydrogen-bond donors (Lipinski definition) is 2. The molecular weight excluding hydrogens is 280 g/mol. The van der Waals surface area contributed by atoms with Crippen LogP contribution in [0.5, 0.6) is 0 Å². The molecule has 2 aromatic rings. The zero-order valence-corrected chi connectivity index (χ0v) is 13.1. The molecule has 1 aromatic heterocycles. The topological polar surface area (TPSA) is 70.2 Å². The number of fused-ring (bicyclic) bond motifs is 1. The molecule has 22 heavy (non-hydrogen) atoms. The highest BCUT2D eigenvalue weighted by molar-refractivity contribution is 6.00. The standard InChI is InChI=1S/C16H22N4O2/c1-3-22-10-12-6-7-20(9-12)16(21)18-14-5-4-11(2)13-8-17-19-15(13)14/h4-5,8,12H,3,6-7,9-10H2,1-2H3,(H,17,19)(H,18,21)/t12-/m1/s1. The third-order valence-electron chi connectivity index (χ3n) is 4.21. The lowest BCUT2D eigenvalue weighted by Crippen LogP contribution is -2.33. The van der Waals surface area contributed by atoms with Crippen molar-refractivity contribution in [2.75, 3.05) is 31.6 Å². The summed E-state index contributed by atoms with van der Waals surface area (Å²) in [5.41, 5.74) is 2.79. The van der Waals surface area contributed by atoms with Crippen molar-refractivity contribution in [1.82, 2.24) is 15.1 Å². The zero-order valence-electron chi connectivity index (χ0n) is 13.1. The second kappa shape index (κ2) is 6.36. The van der Waals surface area contributed by atoms with Crippen LogP contribution >= 0.6 is 0 Å². The minimum Gasteiger partial charge on any atom is -0.381 e. The molecule has 1 aliphatic heterocycles. The number of hydrogen-bond acceptors (Lipinski definition) is 3. The molecule has 6 nitrogen and oxygen atoms in total. The van der Waals surface area contributed by atoms with Gasteiger partial charge in [0.05, 0.1) is 24.0 Å². The Balaban J connectivity index is 1.67. The first-order valence-electron chi connectivity index (χ1n) is 7.75. The molecule has 1 aliphatic rings. The number of aromatic amines is 1. The monoisotopic (exact) mass is 302 g/mol. The van der Waals surface area contributed by atoms with Gasteiger partial charge in [0.15, 0.2) is 0 Å². The lowest BCUT2D eigenvalue weighted by Gasteiger charge is -2.18. The maximum Gasteiger partial charge on any atom is 0.321 e. The summed E-state index contributed by atoms with van der Waals surface area (Å²) in [6.45, 7) is 7.01. The van der Waals surface area contributed by atoms with Crippen molar-refractivity contribution in [3.63, 3.8) is 0 Å². The minimum absolute atomic E-state index is 0.0567. The number of nitrogens with one attached hydrogen (secondary N) is 2. The molecule has 0 aliphatic carbocycles. The largest absolute Gasteiger partial charge is 0.381 e. The molecule has 0 bridgehead atoms. The number of urea groups is 1. The lowest BCUT2D eigenvalue weighted by atomic mass is 10.1. The van der Waals surface area contributed by atoms with Gasteiger partial charge in [-0.2, -0.15) is 5.10 Å². The number of aryl methyl sites for hydroxylation is 1. The number of anilines is 1. The average molecular weight is 302 g/mol. The summed E-state index contributed by atoms with van der Waals surface area (Å²) in [5, 5.41) is 11.1. The molecule has 118 valence electrons. The normalized spacial score (nSPS) is 18.1. The number of H-pyrrole nitrogens is 1. The summed E-state index contributed by atoms with van der Waals surface area (Å²) in [6, 6.07) is 3.86. The first-order chi connectivity index (χ1) is 10.7.